The second kappa shape index (κ2) is 8.01. The van der Waals surface area contributed by atoms with E-state index in [1.165, 1.54) is 0 Å². The molecule has 0 bridgehead atoms. The molecule has 2 N–H and O–H groups in total. The standard InChI is InChI=1S/C16H19N3O2/c1-21-15-6-2-4-13(10-15)11-18-8-9-19-16(20)14-5-3-7-17-12-14/h2-7,10,12,18H,8-9,11H2,1H3,(H,19,20). The summed E-state index contributed by atoms with van der Waals surface area (Å²) < 4.78 is 5.17. The molecule has 2 rings (SSSR count). The smallest absolute Gasteiger partial charge is 0.252 e. The van der Waals surface area contributed by atoms with Crippen LogP contribution in [0.2, 0.25) is 0 Å². The number of hydrogen-bond donors (Lipinski definition) is 2. The maximum absolute atomic E-state index is 11.8. The Morgan fingerprint density at radius 2 is 2.14 bits per heavy atom. The topological polar surface area (TPSA) is 63.2 Å². The quantitative estimate of drug-likeness (QED) is 0.759. The molecule has 0 aliphatic heterocycles. The number of nitrogens with one attached hydrogen (secondary N) is 2. The van der Waals surface area contributed by atoms with Gasteiger partial charge in [0.25, 0.3) is 5.91 Å². The number of ether oxygens (including phenoxy) is 1. The molecule has 0 aliphatic rings. The van der Waals surface area contributed by atoms with Crippen LogP contribution in [-0.2, 0) is 6.54 Å². The van der Waals surface area contributed by atoms with E-state index >= 15 is 0 Å². The summed E-state index contributed by atoms with van der Waals surface area (Å²) in [7, 11) is 1.65. The first-order valence-electron chi connectivity index (χ1n) is 6.81. The molecule has 0 atom stereocenters. The van der Waals surface area contributed by atoms with Crippen molar-refractivity contribution in [1.29, 1.82) is 0 Å². The van der Waals surface area contributed by atoms with Crippen LogP contribution in [0.15, 0.2) is 48.8 Å². The Morgan fingerprint density at radius 1 is 1.24 bits per heavy atom. The van der Waals surface area contributed by atoms with Gasteiger partial charge in [-0.25, -0.2) is 0 Å². The summed E-state index contributed by atoms with van der Waals surface area (Å²) in [5.41, 5.74) is 1.72. The maximum Gasteiger partial charge on any atom is 0.252 e. The molecule has 1 aromatic heterocycles. The molecule has 0 saturated heterocycles. The lowest BCUT2D eigenvalue weighted by Crippen LogP contribution is -2.31. The van der Waals surface area contributed by atoms with Gasteiger partial charge in [0.05, 0.1) is 12.7 Å². The zero-order valence-corrected chi connectivity index (χ0v) is 12.0. The number of aromatic nitrogens is 1. The van der Waals surface area contributed by atoms with E-state index in [9.17, 15) is 4.79 Å². The van der Waals surface area contributed by atoms with Gasteiger partial charge in [-0.05, 0) is 29.8 Å². The summed E-state index contributed by atoms with van der Waals surface area (Å²) in [5, 5.41) is 6.12. The van der Waals surface area contributed by atoms with Crippen molar-refractivity contribution >= 4 is 5.91 Å². The first-order chi connectivity index (χ1) is 10.3. The largest absolute Gasteiger partial charge is 0.497 e. The summed E-state index contributed by atoms with van der Waals surface area (Å²) in [6, 6.07) is 11.4. The number of hydrogen-bond acceptors (Lipinski definition) is 4. The lowest BCUT2D eigenvalue weighted by Gasteiger charge is -2.08. The molecule has 1 heterocycles. The minimum Gasteiger partial charge on any atom is -0.497 e. The lowest BCUT2D eigenvalue weighted by molar-refractivity contribution is 0.0953. The van der Waals surface area contributed by atoms with Crippen LogP contribution in [0.1, 0.15) is 15.9 Å². The molecule has 2 aromatic rings. The number of carbonyl (C=O) groups excluding carboxylic acids is 1. The van der Waals surface area contributed by atoms with Gasteiger partial charge in [-0.2, -0.15) is 0 Å². The van der Waals surface area contributed by atoms with Gasteiger partial charge in [0, 0.05) is 32.0 Å². The fourth-order valence-electron chi connectivity index (χ4n) is 1.88. The van der Waals surface area contributed by atoms with Crippen molar-refractivity contribution in [2.45, 2.75) is 6.54 Å². The van der Waals surface area contributed by atoms with Gasteiger partial charge in [0.15, 0.2) is 0 Å². The van der Waals surface area contributed by atoms with Crippen LogP contribution in [0.25, 0.3) is 0 Å². The number of rotatable bonds is 7. The zero-order valence-electron chi connectivity index (χ0n) is 12.0. The summed E-state index contributed by atoms with van der Waals surface area (Å²) in [6.45, 7) is 2.00. The normalized spacial score (nSPS) is 10.1. The minimum atomic E-state index is -0.105. The Kier molecular flexibility index (Phi) is 5.72. The first-order valence-corrected chi connectivity index (χ1v) is 6.81. The average Bonchev–Trinajstić information content (AvgIpc) is 2.55. The third-order valence-corrected chi connectivity index (χ3v) is 2.97. The van der Waals surface area contributed by atoms with Gasteiger partial charge in [-0.1, -0.05) is 12.1 Å². The van der Waals surface area contributed by atoms with E-state index < -0.39 is 0 Å². The monoisotopic (exact) mass is 285 g/mol. The van der Waals surface area contributed by atoms with Crippen LogP contribution in [0.3, 0.4) is 0 Å². The van der Waals surface area contributed by atoms with Crippen LogP contribution < -0.4 is 15.4 Å². The van der Waals surface area contributed by atoms with Gasteiger partial charge in [0.2, 0.25) is 0 Å². The van der Waals surface area contributed by atoms with Crippen molar-refractivity contribution in [2.24, 2.45) is 0 Å². The molecule has 1 amide bonds. The van der Waals surface area contributed by atoms with Gasteiger partial charge in [-0.3, -0.25) is 9.78 Å². The molecular weight excluding hydrogens is 266 g/mol. The minimum absolute atomic E-state index is 0.105. The van der Waals surface area contributed by atoms with Crippen molar-refractivity contribution in [1.82, 2.24) is 15.6 Å². The fraction of sp³-hybridized carbons (Fsp3) is 0.250. The number of nitrogens with zero attached hydrogens (tertiary/aromatic N) is 1. The van der Waals surface area contributed by atoms with Gasteiger partial charge in [0.1, 0.15) is 5.75 Å². The van der Waals surface area contributed by atoms with Gasteiger partial charge < -0.3 is 15.4 Å². The highest BCUT2D eigenvalue weighted by atomic mass is 16.5. The van der Waals surface area contributed by atoms with Gasteiger partial charge >= 0.3 is 0 Å². The molecule has 0 aliphatic carbocycles. The molecular formula is C16H19N3O2. The third-order valence-electron chi connectivity index (χ3n) is 2.97. The molecule has 0 unspecified atom stereocenters. The predicted molar refractivity (Wildman–Crippen MR) is 81.3 cm³/mol. The number of benzene rings is 1. The molecule has 1 aromatic carbocycles. The summed E-state index contributed by atoms with van der Waals surface area (Å²) in [4.78, 5) is 15.7. The third kappa shape index (κ3) is 4.89. The van der Waals surface area contributed by atoms with E-state index in [-0.39, 0.29) is 5.91 Å². The second-order valence-corrected chi connectivity index (χ2v) is 4.53. The van der Waals surface area contributed by atoms with Crippen molar-refractivity contribution < 1.29 is 9.53 Å². The van der Waals surface area contributed by atoms with E-state index in [1.54, 1.807) is 31.6 Å². The van der Waals surface area contributed by atoms with Crippen molar-refractivity contribution in [3.05, 3.63) is 59.9 Å². The number of carbonyl (C=O) groups is 1. The molecule has 0 fully saturated rings. The number of amides is 1. The van der Waals surface area contributed by atoms with E-state index in [0.29, 0.717) is 18.7 Å². The average molecular weight is 285 g/mol. The van der Waals surface area contributed by atoms with Crippen LogP contribution in [-0.4, -0.2) is 31.1 Å². The van der Waals surface area contributed by atoms with Crippen molar-refractivity contribution in [3.8, 4) is 5.75 Å². The zero-order chi connectivity index (χ0) is 14.9. The van der Waals surface area contributed by atoms with E-state index in [0.717, 1.165) is 17.9 Å². The Morgan fingerprint density at radius 3 is 2.90 bits per heavy atom. The van der Waals surface area contributed by atoms with Crippen LogP contribution >= 0.6 is 0 Å². The predicted octanol–water partition coefficient (Wildman–Crippen LogP) is 1.61. The molecule has 5 nitrogen and oxygen atoms in total. The summed E-state index contributed by atoms with van der Waals surface area (Å²) in [6.07, 6.45) is 3.20. The molecule has 21 heavy (non-hydrogen) atoms. The van der Waals surface area contributed by atoms with Crippen LogP contribution in [0, 0.1) is 0 Å². The molecule has 5 heteroatoms. The molecule has 0 spiro atoms. The number of methoxy groups -OCH3 is 1. The Hall–Kier alpha value is -2.40. The fourth-order valence-corrected chi connectivity index (χ4v) is 1.88. The lowest BCUT2D eigenvalue weighted by atomic mass is 10.2. The Labute approximate surface area is 124 Å². The highest BCUT2D eigenvalue weighted by Gasteiger charge is 2.03. The second-order valence-electron chi connectivity index (χ2n) is 4.53. The van der Waals surface area contributed by atoms with Crippen molar-refractivity contribution in [2.75, 3.05) is 20.2 Å². The van der Waals surface area contributed by atoms with Crippen LogP contribution in [0.4, 0.5) is 0 Å². The van der Waals surface area contributed by atoms with Crippen LogP contribution in [0.5, 0.6) is 5.75 Å². The summed E-state index contributed by atoms with van der Waals surface area (Å²) in [5.74, 6) is 0.741. The van der Waals surface area contributed by atoms with E-state index in [2.05, 4.69) is 15.6 Å². The Balaban J connectivity index is 1.67. The summed E-state index contributed by atoms with van der Waals surface area (Å²) >= 11 is 0. The highest BCUT2D eigenvalue weighted by molar-refractivity contribution is 5.93. The maximum atomic E-state index is 11.8. The highest BCUT2D eigenvalue weighted by Crippen LogP contribution is 2.11. The molecule has 110 valence electrons. The SMILES string of the molecule is COc1cccc(CNCCNC(=O)c2cccnc2)c1. The van der Waals surface area contributed by atoms with Gasteiger partial charge in [-0.15, -0.1) is 0 Å². The van der Waals surface area contributed by atoms with E-state index in [4.69, 9.17) is 4.74 Å². The molecule has 0 saturated carbocycles. The van der Waals surface area contributed by atoms with Crippen molar-refractivity contribution in [3.63, 3.8) is 0 Å². The molecule has 0 radical (unpaired) electrons. The number of pyridine rings is 1. The Bertz CT molecular complexity index is 573. The first kappa shape index (κ1) is 15.0. The van der Waals surface area contributed by atoms with E-state index in [1.807, 2.05) is 24.3 Å².